The molecule has 25 heavy (non-hydrogen) atoms. The lowest BCUT2D eigenvalue weighted by Gasteiger charge is -2.25. The van der Waals surface area contributed by atoms with Crippen LogP contribution in [0.3, 0.4) is 0 Å². The third-order valence-electron chi connectivity index (χ3n) is 4.62. The van der Waals surface area contributed by atoms with Crippen LogP contribution in [-0.2, 0) is 9.59 Å². The van der Waals surface area contributed by atoms with E-state index in [0.717, 1.165) is 32.5 Å². The Morgan fingerprint density at radius 1 is 1.24 bits per heavy atom. The Hall–Kier alpha value is -1.63. The van der Waals surface area contributed by atoms with E-state index in [4.69, 9.17) is 0 Å². The fraction of sp³-hybridized carbons (Fsp3) is 0.833. The third-order valence-corrected chi connectivity index (χ3v) is 4.62. The van der Waals surface area contributed by atoms with Crippen molar-refractivity contribution in [2.45, 2.75) is 58.9 Å². The van der Waals surface area contributed by atoms with Crippen molar-refractivity contribution in [3.8, 4) is 0 Å². The first-order valence-electron chi connectivity index (χ1n) is 9.54. The quantitative estimate of drug-likeness (QED) is 0.351. The van der Waals surface area contributed by atoms with Gasteiger partial charge in [-0.15, -0.1) is 0 Å². The van der Waals surface area contributed by atoms with Crippen LogP contribution >= 0.6 is 0 Å². The van der Waals surface area contributed by atoms with Gasteiger partial charge in [0.1, 0.15) is 0 Å². The van der Waals surface area contributed by atoms with E-state index in [9.17, 15) is 9.59 Å². The van der Waals surface area contributed by atoms with Gasteiger partial charge in [-0.3, -0.25) is 19.5 Å². The maximum Gasteiger partial charge on any atom is 0.229 e. The zero-order chi connectivity index (χ0) is 18.7. The summed E-state index contributed by atoms with van der Waals surface area (Å²) in [5.41, 5.74) is 0. The normalized spacial score (nSPS) is 17.2. The lowest BCUT2D eigenvalue weighted by Crippen LogP contribution is -2.48. The van der Waals surface area contributed by atoms with E-state index < -0.39 is 0 Å². The predicted molar refractivity (Wildman–Crippen MR) is 102 cm³/mol. The SMILES string of the molecule is CCN(CC)CCCC(C)NC(=NC)NCCN1C(=O)CCCC1=O. The van der Waals surface area contributed by atoms with Crippen LogP contribution in [0.1, 0.15) is 52.9 Å². The molecule has 1 heterocycles. The maximum atomic E-state index is 11.8. The summed E-state index contributed by atoms with van der Waals surface area (Å²) in [6.45, 7) is 10.7. The number of imide groups is 1. The predicted octanol–water partition coefficient (Wildman–Crippen LogP) is 1.20. The van der Waals surface area contributed by atoms with E-state index in [1.165, 1.54) is 4.90 Å². The maximum absolute atomic E-state index is 11.8. The Kier molecular flexibility index (Phi) is 10.1. The second-order valence-electron chi connectivity index (χ2n) is 6.51. The molecule has 1 aliphatic heterocycles. The van der Waals surface area contributed by atoms with E-state index in [1.807, 2.05) is 0 Å². The molecule has 1 unspecified atom stereocenters. The number of likely N-dealkylation sites (tertiary alicyclic amines) is 1. The first-order chi connectivity index (χ1) is 12.0. The second-order valence-corrected chi connectivity index (χ2v) is 6.51. The van der Waals surface area contributed by atoms with Gasteiger partial charge >= 0.3 is 0 Å². The smallest absolute Gasteiger partial charge is 0.229 e. The Morgan fingerprint density at radius 3 is 2.44 bits per heavy atom. The van der Waals surface area contributed by atoms with E-state index in [2.05, 4.69) is 41.3 Å². The zero-order valence-corrected chi connectivity index (χ0v) is 16.3. The topological polar surface area (TPSA) is 77.0 Å². The number of hydrogen-bond acceptors (Lipinski definition) is 4. The largest absolute Gasteiger partial charge is 0.355 e. The van der Waals surface area contributed by atoms with Crippen molar-refractivity contribution in [3.63, 3.8) is 0 Å². The van der Waals surface area contributed by atoms with Gasteiger partial charge in [-0.2, -0.15) is 0 Å². The Morgan fingerprint density at radius 2 is 1.88 bits per heavy atom. The molecule has 2 amide bonds. The van der Waals surface area contributed by atoms with E-state index in [1.54, 1.807) is 7.05 Å². The van der Waals surface area contributed by atoms with Gasteiger partial charge in [0, 0.05) is 39.0 Å². The molecule has 7 heteroatoms. The average Bonchev–Trinajstić information content (AvgIpc) is 2.60. The summed E-state index contributed by atoms with van der Waals surface area (Å²) in [6, 6.07) is 0.319. The van der Waals surface area contributed by atoms with Crippen molar-refractivity contribution in [1.29, 1.82) is 0 Å². The molecule has 1 fully saturated rings. The number of carbonyl (C=O) groups excluding carboxylic acids is 2. The Bertz CT molecular complexity index is 433. The summed E-state index contributed by atoms with van der Waals surface area (Å²) in [5.74, 6) is 0.587. The number of nitrogens with one attached hydrogen (secondary N) is 2. The molecule has 144 valence electrons. The van der Waals surface area contributed by atoms with Crippen molar-refractivity contribution < 1.29 is 9.59 Å². The molecule has 0 aliphatic carbocycles. The minimum Gasteiger partial charge on any atom is -0.355 e. The van der Waals surface area contributed by atoms with Crippen LogP contribution in [0.5, 0.6) is 0 Å². The monoisotopic (exact) mass is 353 g/mol. The van der Waals surface area contributed by atoms with Crippen LogP contribution < -0.4 is 10.6 Å². The standard InChI is InChI=1S/C18H35N5O2/c1-5-22(6-2)13-8-9-15(3)21-18(19-4)20-12-14-23-16(24)10-7-11-17(23)25/h15H,5-14H2,1-4H3,(H2,19,20,21). The summed E-state index contributed by atoms with van der Waals surface area (Å²) >= 11 is 0. The first-order valence-corrected chi connectivity index (χ1v) is 9.54. The molecule has 1 aliphatic rings. The van der Waals surface area contributed by atoms with Crippen molar-refractivity contribution in [1.82, 2.24) is 20.4 Å². The first kappa shape index (κ1) is 21.4. The summed E-state index contributed by atoms with van der Waals surface area (Å²) in [7, 11) is 1.73. The highest BCUT2D eigenvalue weighted by atomic mass is 16.2. The fourth-order valence-corrected chi connectivity index (χ4v) is 3.00. The molecule has 0 aromatic heterocycles. The van der Waals surface area contributed by atoms with Gasteiger partial charge in [-0.05, 0) is 45.8 Å². The number of aliphatic imine (C=N–C) groups is 1. The molecule has 0 saturated carbocycles. The molecule has 1 atom stereocenters. The zero-order valence-electron chi connectivity index (χ0n) is 16.3. The average molecular weight is 354 g/mol. The molecule has 0 bridgehead atoms. The van der Waals surface area contributed by atoms with Gasteiger partial charge in [-0.25, -0.2) is 0 Å². The number of hydrogen-bond donors (Lipinski definition) is 2. The minimum absolute atomic E-state index is 0.0641. The molecule has 0 radical (unpaired) electrons. The lowest BCUT2D eigenvalue weighted by molar-refractivity contribution is -0.147. The Labute approximate surface area is 152 Å². The molecule has 1 saturated heterocycles. The van der Waals surface area contributed by atoms with Crippen LogP contribution in [0.15, 0.2) is 4.99 Å². The number of guanidine groups is 1. The van der Waals surface area contributed by atoms with Crippen LogP contribution in [0, 0.1) is 0 Å². The molecular weight excluding hydrogens is 318 g/mol. The molecular formula is C18H35N5O2. The third kappa shape index (κ3) is 7.86. The van der Waals surface area contributed by atoms with Gasteiger partial charge < -0.3 is 15.5 Å². The van der Waals surface area contributed by atoms with E-state index >= 15 is 0 Å². The van der Waals surface area contributed by atoms with Crippen molar-refractivity contribution in [2.24, 2.45) is 4.99 Å². The Balaban J connectivity index is 2.27. The summed E-state index contributed by atoms with van der Waals surface area (Å²) in [4.78, 5) is 31.6. The molecule has 0 spiro atoms. The minimum atomic E-state index is -0.0641. The summed E-state index contributed by atoms with van der Waals surface area (Å²) in [6.07, 6.45) is 3.84. The summed E-state index contributed by atoms with van der Waals surface area (Å²) in [5, 5.41) is 6.56. The van der Waals surface area contributed by atoms with Crippen molar-refractivity contribution in [2.75, 3.05) is 39.8 Å². The van der Waals surface area contributed by atoms with Gasteiger partial charge in [0.15, 0.2) is 5.96 Å². The molecule has 2 N–H and O–H groups in total. The van der Waals surface area contributed by atoms with E-state index in [-0.39, 0.29) is 11.8 Å². The van der Waals surface area contributed by atoms with Gasteiger partial charge in [0.2, 0.25) is 11.8 Å². The molecule has 7 nitrogen and oxygen atoms in total. The highest BCUT2D eigenvalue weighted by molar-refractivity contribution is 5.97. The van der Waals surface area contributed by atoms with Gasteiger partial charge in [0.25, 0.3) is 0 Å². The van der Waals surface area contributed by atoms with Gasteiger partial charge in [-0.1, -0.05) is 13.8 Å². The lowest BCUT2D eigenvalue weighted by atomic mass is 10.1. The number of carbonyl (C=O) groups is 2. The van der Waals surface area contributed by atoms with Crippen molar-refractivity contribution in [3.05, 3.63) is 0 Å². The van der Waals surface area contributed by atoms with Crippen LogP contribution in [0.25, 0.3) is 0 Å². The summed E-state index contributed by atoms with van der Waals surface area (Å²) < 4.78 is 0. The molecule has 1 rings (SSSR count). The molecule has 0 aromatic carbocycles. The number of amides is 2. The number of piperidine rings is 1. The van der Waals surface area contributed by atoms with E-state index in [0.29, 0.717) is 44.4 Å². The number of nitrogens with zero attached hydrogens (tertiary/aromatic N) is 3. The van der Waals surface area contributed by atoms with Crippen LogP contribution in [-0.4, -0.2) is 73.4 Å². The van der Waals surface area contributed by atoms with Gasteiger partial charge in [0.05, 0.1) is 0 Å². The second kappa shape index (κ2) is 11.8. The highest BCUT2D eigenvalue weighted by Gasteiger charge is 2.25. The fourth-order valence-electron chi connectivity index (χ4n) is 3.00. The van der Waals surface area contributed by atoms with Crippen LogP contribution in [0.2, 0.25) is 0 Å². The molecule has 0 aromatic rings. The number of rotatable bonds is 10. The van der Waals surface area contributed by atoms with Crippen LogP contribution in [0.4, 0.5) is 0 Å². The van der Waals surface area contributed by atoms with Crippen molar-refractivity contribution >= 4 is 17.8 Å². The highest BCUT2D eigenvalue weighted by Crippen LogP contribution is 2.11.